The zero-order valence-electron chi connectivity index (χ0n) is 14.0. The number of aromatic nitrogens is 3. The van der Waals surface area contributed by atoms with Gasteiger partial charge in [-0.25, -0.2) is 9.97 Å². The van der Waals surface area contributed by atoms with Crippen LogP contribution >= 0.6 is 23.2 Å². The number of halogens is 2. The summed E-state index contributed by atoms with van der Waals surface area (Å²) in [6.07, 6.45) is 8.99. The van der Waals surface area contributed by atoms with Crippen molar-refractivity contribution >= 4 is 39.9 Å². The van der Waals surface area contributed by atoms with Gasteiger partial charge in [0.15, 0.2) is 0 Å². The Kier molecular flexibility index (Phi) is 3.85. The van der Waals surface area contributed by atoms with E-state index in [2.05, 4.69) is 16.0 Å². The Bertz CT molecular complexity index is 961. The molecule has 1 N–H and O–H groups in total. The van der Waals surface area contributed by atoms with E-state index in [-0.39, 0.29) is 6.10 Å². The molecule has 3 aromatic rings. The summed E-state index contributed by atoms with van der Waals surface area (Å²) in [5.41, 5.74) is 1.68. The van der Waals surface area contributed by atoms with Crippen LogP contribution in [0, 0.1) is 0 Å². The summed E-state index contributed by atoms with van der Waals surface area (Å²) in [5, 5.41) is 12.0. The predicted octanol–water partition coefficient (Wildman–Crippen LogP) is 4.22. The van der Waals surface area contributed by atoms with Gasteiger partial charge in [0.2, 0.25) is 0 Å². The number of pyridine rings is 1. The third-order valence-electron chi connectivity index (χ3n) is 5.59. The predicted molar refractivity (Wildman–Crippen MR) is 103 cm³/mol. The quantitative estimate of drug-likeness (QED) is 0.713. The fraction of sp³-hybridized carbons (Fsp3) is 0.368. The SMILES string of the molecule is OC1CC2CCC(C1)N2c1cc(-n2ccnc2)c2ccc(Cl)c(Cl)c2n1. The van der Waals surface area contributed by atoms with Crippen LogP contribution in [0.4, 0.5) is 5.82 Å². The normalized spacial score (nSPS) is 25.2. The summed E-state index contributed by atoms with van der Waals surface area (Å²) in [5.74, 6) is 0.893. The molecule has 134 valence electrons. The standard InChI is InChI=1S/C19H18Cl2N4O/c20-15-4-3-14-16(24-6-5-22-10-24)9-17(23-19(14)18(15)21)25-11-1-2-12(25)8-13(26)7-11/h3-6,9-13,26H,1-2,7-8H2. The highest BCUT2D eigenvalue weighted by Gasteiger charge is 2.41. The van der Waals surface area contributed by atoms with Crippen molar-refractivity contribution in [3.8, 4) is 5.69 Å². The monoisotopic (exact) mass is 388 g/mol. The number of aliphatic hydroxyl groups excluding tert-OH is 1. The average molecular weight is 389 g/mol. The third-order valence-corrected chi connectivity index (χ3v) is 6.39. The molecule has 2 aliphatic rings. The smallest absolute Gasteiger partial charge is 0.131 e. The van der Waals surface area contributed by atoms with Gasteiger partial charge in [-0.05, 0) is 37.8 Å². The summed E-state index contributed by atoms with van der Waals surface area (Å²) in [4.78, 5) is 11.4. The van der Waals surface area contributed by atoms with Crippen LogP contribution in [0.1, 0.15) is 25.7 Å². The molecule has 5 rings (SSSR count). The van der Waals surface area contributed by atoms with E-state index in [1.807, 2.05) is 16.8 Å². The topological polar surface area (TPSA) is 54.2 Å². The number of aliphatic hydroxyl groups is 1. The molecule has 5 nitrogen and oxygen atoms in total. The van der Waals surface area contributed by atoms with Crippen molar-refractivity contribution < 1.29 is 5.11 Å². The van der Waals surface area contributed by atoms with Gasteiger partial charge in [-0.15, -0.1) is 0 Å². The molecular weight excluding hydrogens is 371 g/mol. The first-order valence-electron chi connectivity index (χ1n) is 8.85. The highest BCUT2D eigenvalue weighted by atomic mass is 35.5. The third kappa shape index (κ3) is 2.49. The Morgan fingerprint density at radius 1 is 1.12 bits per heavy atom. The van der Waals surface area contributed by atoms with Crippen LogP contribution in [-0.4, -0.2) is 37.8 Å². The van der Waals surface area contributed by atoms with Crippen LogP contribution in [0.15, 0.2) is 36.9 Å². The number of anilines is 1. The molecule has 1 aromatic carbocycles. The number of benzene rings is 1. The second kappa shape index (κ2) is 6.12. The van der Waals surface area contributed by atoms with Crippen LogP contribution in [0.2, 0.25) is 10.0 Å². The fourth-order valence-electron chi connectivity index (χ4n) is 4.47. The molecule has 2 aromatic heterocycles. The van der Waals surface area contributed by atoms with E-state index in [0.717, 1.165) is 42.6 Å². The number of imidazole rings is 1. The zero-order valence-corrected chi connectivity index (χ0v) is 15.5. The summed E-state index contributed by atoms with van der Waals surface area (Å²) in [6, 6.07) is 6.49. The van der Waals surface area contributed by atoms with E-state index in [1.165, 1.54) is 0 Å². The van der Waals surface area contributed by atoms with Crippen molar-refractivity contribution in [1.82, 2.24) is 14.5 Å². The number of nitrogens with zero attached hydrogens (tertiary/aromatic N) is 4. The highest BCUT2D eigenvalue weighted by molar-refractivity contribution is 6.45. The van der Waals surface area contributed by atoms with Gasteiger partial charge in [0.25, 0.3) is 0 Å². The Morgan fingerprint density at radius 2 is 1.88 bits per heavy atom. The first kappa shape index (κ1) is 16.4. The molecule has 0 aliphatic carbocycles. The van der Waals surface area contributed by atoms with Crippen molar-refractivity contribution in [3.05, 3.63) is 47.0 Å². The van der Waals surface area contributed by atoms with Crippen LogP contribution in [-0.2, 0) is 0 Å². The van der Waals surface area contributed by atoms with Gasteiger partial charge in [0.05, 0.1) is 33.7 Å². The lowest BCUT2D eigenvalue weighted by molar-refractivity contribution is 0.126. The average Bonchev–Trinajstić information content (AvgIpc) is 3.25. The van der Waals surface area contributed by atoms with E-state index in [9.17, 15) is 5.11 Å². The lowest BCUT2D eigenvalue weighted by Crippen LogP contribution is -2.45. The van der Waals surface area contributed by atoms with Crippen molar-refractivity contribution in [2.24, 2.45) is 0 Å². The Morgan fingerprint density at radius 3 is 2.58 bits per heavy atom. The highest BCUT2D eigenvalue weighted by Crippen LogP contribution is 2.41. The molecule has 2 saturated heterocycles. The maximum Gasteiger partial charge on any atom is 0.131 e. The molecule has 7 heteroatoms. The lowest BCUT2D eigenvalue weighted by Gasteiger charge is -2.38. The first-order chi connectivity index (χ1) is 12.6. The minimum Gasteiger partial charge on any atom is -0.393 e. The molecule has 2 aliphatic heterocycles. The molecule has 4 heterocycles. The Hall–Kier alpha value is -1.82. The minimum absolute atomic E-state index is 0.213. The van der Waals surface area contributed by atoms with Gasteiger partial charge >= 0.3 is 0 Å². The molecule has 26 heavy (non-hydrogen) atoms. The number of rotatable bonds is 2. The van der Waals surface area contributed by atoms with E-state index in [1.54, 1.807) is 18.6 Å². The van der Waals surface area contributed by atoms with Crippen molar-refractivity contribution in [3.63, 3.8) is 0 Å². The van der Waals surface area contributed by atoms with E-state index >= 15 is 0 Å². The molecule has 2 bridgehead atoms. The summed E-state index contributed by atoms with van der Waals surface area (Å²) < 4.78 is 1.97. The Labute approximate surface area is 161 Å². The second-order valence-electron chi connectivity index (χ2n) is 7.14. The lowest BCUT2D eigenvalue weighted by atomic mass is 9.99. The van der Waals surface area contributed by atoms with Crippen LogP contribution in [0.3, 0.4) is 0 Å². The number of piperidine rings is 1. The summed E-state index contributed by atoms with van der Waals surface area (Å²) >= 11 is 12.8. The van der Waals surface area contributed by atoms with Gasteiger partial charge in [0.1, 0.15) is 5.82 Å². The van der Waals surface area contributed by atoms with Crippen LogP contribution in [0.5, 0.6) is 0 Å². The summed E-state index contributed by atoms with van der Waals surface area (Å²) in [7, 11) is 0. The molecule has 0 radical (unpaired) electrons. The van der Waals surface area contributed by atoms with E-state index in [0.29, 0.717) is 27.6 Å². The van der Waals surface area contributed by atoms with E-state index in [4.69, 9.17) is 28.2 Å². The molecule has 0 amide bonds. The molecule has 0 spiro atoms. The molecular formula is C19H18Cl2N4O. The van der Waals surface area contributed by atoms with Gasteiger partial charge in [0, 0.05) is 35.9 Å². The van der Waals surface area contributed by atoms with E-state index < -0.39 is 0 Å². The van der Waals surface area contributed by atoms with Crippen molar-refractivity contribution in [1.29, 1.82) is 0 Å². The van der Waals surface area contributed by atoms with Gasteiger partial charge < -0.3 is 14.6 Å². The first-order valence-corrected chi connectivity index (χ1v) is 9.61. The zero-order chi connectivity index (χ0) is 17.8. The van der Waals surface area contributed by atoms with Gasteiger partial charge in [-0.1, -0.05) is 23.2 Å². The maximum atomic E-state index is 10.1. The van der Waals surface area contributed by atoms with Crippen LogP contribution < -0.4 is 4.90 Å². The second-order valence-corrected chi connectivity index (χ2v) is 7.93. The van der Waals surface area contributed by atoms with Crippen molar-refractivity contribution in [2.75, 3.05) is 4.90 Å². The summed E-state index contributed by atoms with van der Waals surface area (Å²) in [6.45, 7) is 0. The minimum atomic E-state index is -0.213. The van der Waals surface area contributed by atoms with Gasteiger partial charge in [-0.3, -0.25) is 0 Å². The van der Waals surface area contributed by atoms with Crippen LogP contribution in [0.25, 0.3) is 16.6 Å². The maximum absolute atomic E-state index is 10.1. The molecule has 0 saturated carbocycles. The fourth-order valence-corrected chi connectivity index (χ4v) is 4.83. The number of hydrogen-bond acceptors (Lipinski definition) is 4. The molecule has 2 atom stereocenters. The number of fused-ring (bicyclic) bond motifs is 3. The molecule has 2 fully saturated rings. The molecule has 2 unspecified atom stereocenters. The largest absolute Gasteiger partial charge is 0.393 e. The number of hydrogen-bond donors (Lipinski definition) is 1. The van der Waals surface area contributed by atoms with Gasteiger partial charge in [-0.2, -0.15) is 0 Å². The Balaban J connectivity index is 1.73. The van der Waals surface area contributed by atoms with Crippen molar-refractivity contribution in [2.45, 2.75) is 43.9 Å².